The normalized spacial score (nSPS) is 16.1. The zero-order chi connectivity index (χ0) is 14.5. The number of nitrogens with zero attached hydrogens (tertiary/aromatic N) is 2. The van der Waals surface area contributed by atoms with Crippen molar-refractivity contribution in [3.8, 4) is 0 Å². The van der Waals surface area contributed by atoms with Gasteiger partial charge < -0.3 is 10.0 Å². The summed E-state index contributed by atoms with van der Waals surface area (Å²) in [4.78, 5) is 12.6. The fourth-order valence-electron chi connectivity index (χ4n) is 2.84. The number of aliphatic hydroxyl groups is 1. The van der Waals surface area contributed by atoms with Crippen LogP contribution in [0.1, 0.15) is 32.1 Å². The Bertz CT molecular complexity index is 475. The zero-order valence-corrected chi connectivity index (χ0v) is 12.9. The first kappa shape index (κ1) is 15.3. The number of non-ortho nitro benzene ring substituents is 1. The van der Waals surface area contributed by atoms with Crippen LogP contribution < -0.4 is 4.90 Å². The molecular weight excluding hydrogens is 324 g/mol. The zero-order valence-electron chi connectivity index (χ0n) is 11.3. The topological polar surface area (TPSA) is 66.6 Å². The summed E-state index contributed by atoms with van der Waals surface area (Å²) in [6.07, 6.45) is 5.91. The van der Waals surface area contributed by atoms with E-state index in [1.165, 1.54) is 31.4 Å². The van der Waals surface area contributed by atoms with E-state index in [0.29, 0.717) is 17.1 Å². The maximum atomic E-state index is 10.8. The minimum absolute atomic E-state index is 0.0771. The maximum Gasteiger partial charge on any atom is 0.270 e. The predicted octanol–water partition coefficient (Wildman–Crippen LogP) is 3.49. The molecule has 0 unspecified atom stereocenters. The van der Waals surface area contributed by atoms with Crippen LogP contribution >= 0.6 is 15.9 Å². The second-order valence-electron chi connectivity index (χ2n) is 5.10. The highest BCUT2D eigenvalue weighted by molar-refractivity contribution is 9.10. The standard InChI is InChI=1S/C14H19BrN2O3/c15-13-10-12(17(19)20)6-7-14(13)16(8-9-18)11-4-2-1-3-5-11/h6-7,10-11,18H,1-5,8-9H2. The van der Waals surface area contributed by atoms with Gasteiger partial charge in [-0.25, -0.2) is 0 Å². The van der Waals surface area contributed by atoms with Gasteiger partial charge in [0, 0.05) is 29.2 Å². The molecule has 1 N–H and O–H groups in total. The molecule has 1 aromatic carbocycles. The van der Waals surface area contributed by atoms with Gasteiger partial charge in [0.25, 0.3) is 5.69 Å². The molecule has 2 rings (SSSR count). The first-order chi connectivity index (χ1) is 9.63. The van der Waals surface area contributed by atoms with Crippen LogP contribution in [0.15, 0.2) is 22.7 Å². The Kier molecular flexibility index (Phi) is 5.37. The van der Waals surface area contributed by atoms with Gasteiger partial charge in [-0.05, 0) is 34.8 Å². The lowest BCUT2D eigenvalue weighted by molar-refractivity contribution is -0.384. The SMILES string of the molecule is O=[N+]([O-])c1ccc(N(CCO)C2CCCCC2)c(Br)c1. The molecule has 110 valence electrons. The van der Waals surface area contributed by atoms with Gasteiger partial charge in [0.15, 0.2) is 0 Å². The van der Waals surface area contributed by atoms with E-state index >= 15 is 0 Å². The van der Waals surface area contributed by atoms with Crippen LogP contribution in [0, 0.1) is 10.1 Å². The Labute approximate surface area is 126 Å². The van der Waals surface area contributed by atoms with Crippen molar-refractivity contribution in [1.29, 1.82) is 0 Å². The molecule has 0 saturated heterocycles. The van der Waals surface area contributed by atoms with Crippen molar-refractivity contribution in [1.82, 2.24) is 0 Å². The van der Waals surface area contributed by atoms with Gasteiger partial charge in [0.2, 0.25) is 0 Å². The van der Waals surface area contributed by atoms with Gasteiger partial charge in [-0.15, -0.1) is 0 Å². The van der Waals surface area contributed by atoms with Crippen LogP contribution in [-0.4, -0.2) is 29.2 Å². The third-order valence-electron chi connectivity index (χ3n) is 3.81. The summed E-state index contributed by atoms with van der Waals surface area (Å²) < 4.78 is 0.714. The Balaban J connectivity index is 2.26. The molecule has 0 heterocycles. The first-order valence-electron chi connectivity index (χ1n) is 6.95. The van der Waals surface area contributed by atoms with Crippen LogP contribution in [0.2, 0.25) is 0 Å². The van der Waals surface area contributed by atoms with E-state index < -0.39 is 4.92 Å². The van der Waals surface area contributed by atoms with Crippen LogP contribution in [0.3, 0.4) is 0 Å². The van der Waals surface area contributed by atoms with Gasteiger partial charge in [-0.2, -0.15) is 0 Å². The minimum Gasteiger partial charge on any atom is -0.395 e. The van der Waals surface area contributed by atoms with Gasteiger partial charge in [-0.3, -0.25) is 10.1 Å². The molecule has 1 aliphatic rings. The summed E-state index contributed by atoms with van der Waals surface area (Å²) in [5, 5.41) is 20.1. The lowest BCUT2D eigenvalue weighted by Gasteiger charge is -2.36. The molecule has 1 saturated carbocycles. The van der Waals surface area contributed by atoms with E-state index in [1.807, 2.05) is 0 Å². The smallest absolute Gasteiger partial charge is 0.270 e. The van der Waals surface area contributed by atoms with Crippen molar-refractivity contribution in [3.63, 3.8) is 0 Å². The number of anilines is 1. The van der Waals surface area contributed by atoms with E-state index in [4.69, 9.17) is 0 Å². The highest BCUT2D eigenvalue weighted by Gasteiger charge is 2.23. The van der Waals surface area contributed by atoms with Gasteiger partial charge >= 0.3 is 0 Å². The highest BCUT2D eigenvalue weighted by atomic mass is 79.9. The Morgan fingerprint density at radius 3 is 2.60 bits per heavy atom. The third-order valence-corrected chi connectivity index (χ3v) is 4.44. The van der Waals surface area contributed by atoms with Crippen molar-refractivity contribution in [2.75, 3.05) is 18.1 Å². The fraction of sp³-hybridized carbons (Fsp3) is 0.571. The largest absolute Gasteiger partial charge is 0.395 e. The summed E-state index contributed by atoms with van der Waals surface area (Å²) in [6.45, 7) is 0.640. The molecule has 0 amide bonds. The lowest BCUT2D eigenvalue weighted by atomic mass is 9.93. The number of benzene rings is 1. The molecule has 0 spiro atoms. The molecule has 1 aromatic rings. The summed E-state index contributed by atoms with van der Waals surface area (Å²) in [5.74, 6) is 0. The van der Waals surface area contributed by atoms with Crippen LogP contribution in [-0.2, 0) is 0 Å². The first-order valence-corrected chi connectivity index (χ1v) is 7.74. The molecule has 0 atom stereocenters. The number of hydrogen-bond acceptors (Lipinski definition) is 4. The summed E-state index contributed by atoms with van der Waals surface area (Å²) >= 11 is 3.42. The molecule has 0 radical (unpaired) electrons. The highest BCUT2D eigenvalue weighted by Crippen LogP contribution is 2.34. The number of halogens is 1. The summed E-state index contributed by atoms with van der Waals surface area (Å²) in [7, 11) is 0. The maximum absolute atomic E-state index is 10.8. The number of nitro benzene ring substituents is 1. The molecule has 6 heteroatoms. The van der Waals surface area contributed by atoms with E-state index in [9.17, 15) is 15.2 Å². The monoisotopic (exact) mass is 342 g/mol. The molecule has 0 aliphatic heterocycles. The van der Waals surface area contributed by atoms with Crippen molar-refractivity contribution >= 4 is 27.3 Å². The van der Waals surface area contributed by atoms with E-state index in [1.54, 1.807) is 6.07 Å². The van der Waals surface area contributed by atoms with Crippen molar-refractivity contribution in [2.24, 2.45) is 0 Å². The minimum atomic E-state index is -0.397. The number of nitro groups is 1. The van der Waals surface area contributed by atoms with Gasteiger partial charge in [-0.1, -0.05) is 19.3 Å². The fourth-order valence-corrected chi connectivity index (χ4v) is 3.44. The quantitative estimate of drug-likeness (QED) is 0.656. The Hall–Kier alpha value is -1.14. The molecule has 1 fully saturated rings. The number of rotatable bonds is 5. The molecule has 0 bridgehead atoms. The van der Waals surface area contributed by atoms with Crippen molar-refractivity contribution < 1.29 is 10.0 Å². The second kappa shape index (κ2) is 7.04. The average molecular weight is 343 g/mol. The molecule has 0 aromatic heterocycles. The van der Waals surface area contributed by atoms with E-state index in [2.05, 4.69) is 20.8 Å². The predicted molar refractivity (Wildman–Crippen MR) is 82.1 cm³/mol. The molecule has 20 heavy (non-hydrogen) atoms. The number of hydrogen-bond donors (Lipinski definition) is 1. The third kappa shape index (κ3) is 3.49. The van der Waals surface area contributed by atoms with Crippen LogP contribution in [0.4, 0.5) is 11.4 Å². The Morgan fingerprint density at radius 2 is 2.05 bits per heavy atom. The number of aliphatic hydroxyl groups excluding tert-OH is 1. The molecule has 1 aliphatic carbocycles. The molecular formula is C14H19BrN2O3. The van der Waals surface area contributed by atoms with E-state index in [-0.39, 0.29) is 12.3 Å². The van der Waals surface area contributed by atoms with Crippen molar-refractivity contribution in [2.45, 2.75) is 38.1 Å². The summed E-state index contributed by atoms with van der Waals surface area (Å²) in [5.41, 5.74) is 1.00. The van der Waals surface area contributed by atoms with E-state index in [0.717, 1.165) is 18.5 Å². The Morgan fingerprint density at radius 1 is 1.35 bits per heavy atom. The average Bonchev–Trinajstić information content (AvgIpc) is 2.46. The second-order valence-corrected chi connectivity index (χ2v) is 5.96. The molecule has 5 nitrogen and oxygen atoms in total. The lowest BCUT2D eigenvalue weighted by Crippen LogP contribution is -2.39. The van der Waals surface area contributed by atoms with Gasteiger partial charge in [0.05, 0.1) is 17.2 Å². The van der Waals surface area contributed by atoms with Crippen LogP contribution in [0.25, 0.3) is 0 Å². The van der Waals surface area contributed by atoms with Crippen LogP contribution in [0.5, 0.6) is 0 Å². The summed E-state index contributed by atoms with van der Waals surface area (Å²) in [6, 6.07) is 5.23. The van der Waals surface area contributed by atoms with Gasteiger partial charge in [0.1, 0.15) is 0 Å². The van der Waals surface area contributed by atoms with Crippen molar-refractivity contribution in [3.05, 3.63) is 32.8 Å².